The topological polar surface area (TPSA) is 34.9 Å². The van der Waals surface area contributed by atoms with Gasteiger partial charge in [-0.2, -0.15) is 0 Å². The number of anilines is 1. The van der Waals surface area contributed by atoms with Crippen LogP contribution in [0.5, 0.6) is 11.5 Å². The SMILES string of the molecule is [C-]#[N+]/C(=C\Nc1ccccc1)Cc1ccc(OCc2ccccc2)c(OC)c1. The molecule has 0 aliphatic heterocycles. The van der Waals surface area contributed by atoms with Crippen molar-refractivity contribution in [2.75, 3.05) is 12.4 Å². The van der Waals surface area contributed by atoms with E-state index in [1.807, 2.05) is 78.9 Å². The second-order valence-electron chi connectivity index (χ2n) is 6.19. The Morgan fingerprint density at radius 2 is 1.64 bits per heavy atom. The van der Waals surface area contributed by atoms with E-state index in [4.69, 9.17) is 16.0 Å². The molecule has 0 unspecified atom stereocenters. The molecule has 4 nitrogen and oxygen atoms in total. The first-order valence-electron chi connectivity index (χ1n) is 9.00. The van der Waals surface area contributed by atoms with E-state index in [1.54, 1.807) is 13.3 Å². The molecule has 0 heterocycles. The Bertz CT molecular complexity index is 961. The monoisotopic (exact) mass is 370 g/mol. The summed E-state index contributed by atoms with van der Waals surface area (Å²) in [5.74, 6) is 1.35. The second kappa shape index (κ2) is 9.84. The molecule has 3 rings (SSSR count). The Morgan fingerprint density at radius 3 is 2.32 bits per heavy atom. The fourth-order valence-electron chi connectivity index (χ4n) is 2.71. The minimum absolute atomic E-state index is 0.477. The third kappa shape index (κ3) is 5.39. The molecule has 0 radical (unpaired) electrons. The summed E-state index contributed by atoms with van der Waals surface area (Å²) >= 11 is 0. The highest BCUT2D eigenvalue weighted by Crippen LogP contribution is 2.30. The van der Waals surface area contributed by atoms with Crippen molar-refractivity contribution in [1.29, 1.82) is 0 Å². The highest BCUT2D eigenvalue weighted by atomic mass is 16.5. The minimum atomic E-state index is 0.477. The normalized spacial score (nSPS) is 10.8. The zero-order chi connectivity index (χ0) is 19.6. The molecule has 0 aliphatic carbocycles. The number of nitrogens with one attached hydrogen (secondary N) is 1. The zero-order valence-corrected chi connectivity index (χ0v) is 15.8. The van der Waals surface area contributed by atoms with Crippen molar-refractivity contribution >= 4 is 5.69 Å². The number of benzene rings is 3. The average Bonchev–Trinajstić information content (AvgIpc) is 2.77. The molecule has 140 valence electrons. The van der Waals surface area contributed by atoms with Crippen LogP contribution in [0.1, 0.15) is 11.1 Å². The first-order chi connectivity index (χ1) is 13.8. The first kappa shape index (κ1) is 19.1. The lowest BCUT2D eigenvalue weighted by molar-refractivity contribution is 0.284. The molecule has 1 N–H and O–H groups in total. The van der Waals surface area contributed by atoms with Crippen LogP contribution >= 0.6 is 0 Å². The minimum Gasteiger partial charge on any atom is -0.493 e. The summed E-state index contributed by atoms with van der Waals surface area (Å²) in [6, 6.07) is 25.5. The molecule has 0 atom stereocenters. The predicted octanol–water partition coefficient (Wildman–Crippen LogP) is 5.69. The van der Waals surface area contributed by atoms with E-state index < -0.39 is 0 Å². The fraction of sp³-hybridized carbons (Fsp3) is 0.125. The number of para-hydroxylation sites is 1. The lowest BCUT2D eigenvalue weighted by atomic mass is 10.1. The van der Waals surface area contributed by atoms with Crippen LogP contribution in [-0.4, -0.2) is 7.11 Å². The summed E-state index contributed by atoms with van der Waals surface area (Å²) in [6.45, 7) is 7.91. The van der Waals surface area contributed by atoms with Crippen LogP contribution in [0.15, 0.2) is 90.8 Å². The zero-order valence-electron chi connectivity index (χ0n) is 15.8. The van der Waals surface area contributed by atoms with Gasteiger partial charge in [0.15, 0.2) is 17.2 Å². The highest BCUT2D eigenvalue weighted by Gasteiger charge is 2.08. The molecule has 0 aliphatic rings. The van der Waals surface area contributed by atoms with Crippen molar-refractivity contribution in [3.05, 3.63) is 113 Å². The van der Waals surface area contributed by atoms with E-state index in [0.29, 0.717) is 30.2 Å². The van der Waals surface area contributed by atoms with Gasteiger partial charge in [0, 0.05) is 18.3 Å². The molecule has 4 heteroatoms. The van der Waals surface area contributed by atoms with Gasteiger partial charge in [0.25, 0.3) is 0 Å². The van der Waals surface area contributed by atoms with Crippen molar-refractivity contribution in [1.82, 2.24) is 0 Å². The molecule has 0 fully saturated rings. The van der Waals surface area contributed by atoms with Crippen molar-refractivity contribution < 1.29 is 9.47 Å². The maximum Gasteiger partial charge on any atom is 0.185 e. The van der Waals surface area contributed by atoms with Crippen LogP contribution in [0.3, 0.4) is 0 Å². The summed E-state index contributed by atoms with van der Waals surface area (Å²) in [7, 11) is 1.62. The molecule has 0 amide bonds. The van der Waals surface area contributed by atoms with E-state index in [-0.39, 0.29) is 0 Å². The van der Waals surface area contributed by atoms with Crippen LogP contribution < -0.4 is 14.8 Å². The Labute approximate surface area is 165 Å². The molecular weight excluding hydrogens is 348 g/mol. The Hall–Kier alpha value is -3.71. The Balaban J connectivity index is 1.67. The summed E-state index contributed by atoms with van der Waals surface area (Å²) in [4.78, 5) is 3.63. The molecule has 0 spiro atoms. The molecule has 3 aromatic rings. The highest BCUT2D eigenvalue weighted by molar-refractivity contribution is 5.47. The van der Waals surface area contributed by atoms with E-state index >= 15 is 0 Å². The number of rotatable bonds is 8. The van der Waals surface area contributed by atoms with E-state index in [0.717, 1.165) is 16.8 Å². The van der Waals surface area contributed by atoms with Gasteiger partial charge in [-0.25, -0.2) is 4.85 Å². The molecule has 0 bridgehead atoms. The van der Waals surface area contributed by atoms with Gasteiger partial charge in [0.2, 0.25) is 0 Å². The smallest absolute Gasteiger partial charge is 0.185 e. The summed E-state index contributed by atoms with van der Waals surface area (Å²) < 4.78 is 11.4. The van der Waals surface area contributed by atoms with E-state index in [9.17, 15) is 0 Å². The predicted molar refractivity (Wildman–Crippen MR) is 112 cm³/mol. The molecule has 0 saturated carbocycles. The molecule has 0 saturated heterocycles. The van der Waals surface area contributed by atoms with Crippen LogP contribution in [0.4, 0.5) is 5.69 Å². The number of methoxy groups -OCH3 is 1. The van der Waals surface area contributed by atoms with Crippen molar-refractivity contribution in [2.45, 2.75) is 13.0 Å². The quantitative estimate of drug-likeness (QED) is 0.517. The van der Waals surface area contributed by atoms with Gasteiger partial charge in [-0.15, -0.1) is 0 Å². The number of nitrogens with zero attached hydrogens (tertiary/aromatic N) is 1. The number of ether oxygens (including phenoxy) is 2. The van der Waals surface area contributed by atoms with Crippen LogP contribution in [0.2, 0.25) is 0 Å². The molecular formula is C24H22N2O2. The lowest BCUT2D eigenvalue weighted by Gasteiger charge is -2.12. The van der Waals surface area contributed by atoms with Crippen molar-refractivity contribution in [3.63, 3.8) is 0 Å². The maximum atomic E-state index is 7.44. The molecule has 3 aromatic carbocycles. The molecule has 0 aromatic heterocycles. The maximum absolute atomic E-state index is 7.44. The third-order valence-electron chi connectivity index (χ3n) is 4.17. The Kier molecular flexibility index (Phi) is 6.70. The van der Waals surface area contributed by atoms with Gasteiger partial charge in [0.05, 0.1) is 13.7 Å². The lowest BCUT2D eigenvalue weighted by Crippen LogP contribution is -1.99. The van der Waals surface area contributed by atoms with Gasteiger partial charge >= 0.3 is 0 Å². The second-order valence-corrected chi connectivity index (χ2v) is 6.19. The van der Waals surface area contributed by atoms with Gasteiger partial charge in [-0.3, -0.25) is 0 Å². The van der Waals surface area contributed by atoms with Gasteiger partial charge in [-0.05, 0) is 35.4 Å². The summed E-state index contributed by atoms with van der Waals surface area (Å²) in [5, 5.41) is 3.16. The van der Waals surface area contributed by atoms with E-state index in [1.165, 1.54) is 0 Å². The number of allylic oxidation sites excluding steroid dienone is 1. The van der Waals surface area contributed by atoms with Crippen LogP contribution in [-0.2, 0) is 13.0 Å². The summed E-state index contributed by atoms with van der Waals surface area (Å²) in [5.41, 5.74) is 3.65. The molecule has 28 heavy (non-hydrogen) atoms. The summed E-state index contributed by atoms with van der Waals surface area (Å²) in [6.07, 6.45) is 2.26. The number of hydrogen-bond acceptors (Lipinski definition) is 3. The van der Waals surface area contributed by atoms with Crippen LogP contribution in [0.25, 0.3) is 4.85 Å². The van der Waals surface area contributed by atoms with Gasteiger partial charge < -0.3 is 14.8 Å². The van der Waals surface area contributed by atoms with Crippen LogP contribution in [0, 0.1) is 6.57 Å². The van der Waals surface area contributed by atoms with Gasteiger partial charge in [0.1, 0.15) is 6.61 Å². The fourth-order valence-corrected chi connectivity index (χ4v) is 2.71. The largest absolute Gasteiger partial charge is 0.493 e. The average molecular weight is 370 g/mol. The first-order valence-corrected chi connectivity index (χ1v) is 9.00. The van der Waals surface area contributed by atoms with Crippen molar-refractivity contribution in [2.24, 2.45) is 0 Å². The Morgan fingerprint density at radius 1 is 0.929 bits per heavy atom. The standard InChI is InChI=1S/C24H22N2O2/c1-25-22(17-26-21-11-7-4-8-12-21)15-20-13-14-23(24(16-20)27-2)28-18-19-9-5-3-6-10-19/h3-14,16-17,26H,15,18H2,2H3/b22-17-. The van der Waals surface area contributed by atoms with Crippen molar-refractivity contribution in [3.8, 4) is 11.5 Å². The van der Waals surface area contributed by atoms with Gasteiger partial charge in [-0.1, -0.05) is 54.6 Å². The van der Waals surface area contributed by atoms with E-state index in [2.05, 4.69) is 10.2 Å². The third-order valence-corrected chi connectivity index (χ3v) is 4.17. The number of hydrogen-bond donors (Lipinski definition) is 1.